The average Bonchev–Trinajstić information content (AvgIpc) is 3.18. The zero-order chi connectivity index (χ0) is 40.3. The van der Waals surface area contributed by atoms with Crippen LogP contribution < -0.4 is 0 Å². The molecule has 10 heteroatoms. The molecule has 0 saturated heterocycles. The van der Waals surface area contributed by atoms with Crippen LogP contribution in [0.4, 0.5) is 0 Å². The van der Waals surface area contributed by atoms with Gasteiger partial charge in [-0.2, -0.15) is 0 Å². The van der Waals surface area contributed by atoms with Crippen molar-refractivity contribution >= 4 is 13.8 Å². The van der Waals surface area contributed by atoms with Crippen LogP contribution in [-0.2, 0) is 27.9 Å². The second kappa shape index (κ2) is 42.5. The molecule has 0 bridgehead atoms. The van der Waals surface area contributed by atoms with Crippen molar-refractivity contribution in [2.24, 2.45) is 0 Å². The minimum absolute atomic E-state index is 0.0472. The third kappa shape index (κ3) is 42.4. The van der Waals surface area contributed by atoms with Gasteiger partial charge >= 0.3 is 13.8 Å². The van der Waals surface area contributed by atoms with Crippen LogP contribution in [0.5, 0.6) is 0 Å². The number of hydrogen-bond acceptors (Lipinski definition) is 8. The maximum atomic E-state index is 12.6. The summed E-state index contributed by atoms with van der Waals surface area (Å²) in [5.41, 5.74) is 0. The summed E-state index contributed by atoms with van der Waals surface area (Å²) >= 11 is 0. The van der Waals surface area contributed by atoms with E-state index in [0.29, 0.717) is 6.61 Å². The average molecular weight is 803 g/mol. The van der Waals surface area contributed by atoms with Crippen molar-refractivity contribution in [1.29, 1.82) is 0 Å². The van der Waals surface area contributed by atoms with Crippen LogP contribution in [0.2, 0.25) is 0 Å². The van der Waals surface area contributed by atoms with Gasteiger partial charge in [-0.15, -0.1) is 0 Å². The lowest BCUT2D eigenvalue weighted by Crippen LogP contribution is -2.29. The Bertz CT molecular complexity index is 913. The predicted molar refractivity (Wildman–Crippen MR) is 228 cm³/mol. The number of aliphatic hydroxyl groups is 2. The van der Waals surface area contributed by atoms with E-state index in [-0.39, 0.29) is 25.6 Å². The normalized spacial score (nSPS) is 14.2. The molecule has 0 spiro atoms. The minimum atomic E-state index is -4.51. The monoisotopic (exact) mass is 803 g/mol. The van der Waals surface area contributed by atoms with Crippen molar-refractivity contribution in [1.82, 2.24) is 0 Å². The van der Waals surface area contributed by atoms with Crippen LogP contribution in [0.25, 0.3) is 0 Å². The summed E-state index contributed by atoms with van der Waals surface area (Å²) in [5.74, 6) is -0.384. The molecule has 0 aliphatic carbocycles. The van der Waals surface area contributed by atoms with E-state index in [2.05, 4.69) is 38.2 Å². The number of aliphatic hydroxyl groups excluding tert-OH is 2. The maximum absolute atomic E-state index is 12.6. The van der Waals surface area contributed by atoms with Crippen LogP contribution >= 0.6 is 7.82 Å². The highest BCUT2D eigenvalue weighted by atomic mass is 31.2. The van der Waals surface area contributed by atoms with E-state index in [1.807, 2.05) is 0 Å². The molecule has 0 amide bonds. The van der Waals surface area contributed by atoms with Crippen molar-refractivity contribution in [2.75, 3.05) is 33.0 Å². The van der Waals surface area contributed by atoms with Gasteiger partial charge in [0.05, 0.1) is 26.4 Å². The summed E-state index contributed by atoms with van der Waals surface area (Å²) < 4.78 is 33.3. The molecule has 3 N–H and O–H groups in total. The third-order valence-electron chi connectivity index (χ3n) is 9.84. The number of phosphoric ester groups is 1. The second-order valence-electron chi connectivity index (χ2n) is 15.4. The highest BCUT2D eigenvalue weighted by Crippen LogP contribution is 2.43. The van der Waals surface area contributed by atoms with Crippen LogP contribution in [0, 0.1) is 0 Å². The summed E-state index contributed by atoms with van der Waals surface area (Å²) in [5, 5.41) is 18.3. The molecule has 0 aliphatic heterocycles. The number of unbranched alkanes of at least 4 members (excludes halogenated alkanes) is 26. The molecule has 3 atom stereocenters. The number of carbonyl (C=O) groups excluding carboxylic acids is 1. The number of ether oxygens (including phenoxy) is 2. The molecule has 9 nitrogen and oxygen atoms in total. The largest absolute Gasteiger partial charge is 0.472 e. The Morgan fingerprint density at radius 2 is 0.964 bits per heavy atom. The number of carbonyl (C=O) groups is 1. The van der Waals surface area contributed by atoms with Gasteiger partial charge in [0, 0.05) is 13.0 Å². The zero-order valence-electron chi connectivity index (χ0n) is 35.7. The molecule has 0 aromatic rings. The molecule has 326 valence electrons. The Hall–Kier alpha value is -1.06. The first-order valence-electron chi connectivity index (χ1n) is 22.8. The Labute approximate surface area is 338 Å². The van der Waals surface area contributed by atoms with E-state index in [1.54, 1.807) is 0 Å². The molecule has 0 aromatic heterocycles. The predicted octanol–water partition coefficient (Wildman–Crippen LogP) is 12.6. The van der Waals surface area contributed by atoms with Gasteiger partial charge in [-0.25, -0.2) is 4.57 Å². The molecular formula is C45H87O9P. The van der Waals surface area contributed by atoms with Gasteiger partial charge < -0.3 is 24.6 Å². The number of rotatable bonds is 44. The molecule has 0 saturated carbocycles. The van der Waals surface area contributed by atoms with E-state index < -0.39 is 33.2 Å². The van der Waals surface area contributed by atoms with Crippen molar-refractivity contribution in [3.05, 3.63) is 24.3 Å². The number of esters is 1. The molecular weight excluding hydrogens is 715 g/mol. The SMILES string of the molecule is CCC/C=C\CCCCCCCCOCC(COP(=O)(O)OCC(O)CO)OC(=O)CCCCCCCCCCCCC/C=C\CCCCCCCCCC. The van der Waals surface area contributed by atoms with Crippen LogP contribution in [0.15, 0.2) is 24.3 Å². The van der Waals surface area contributed by atoms with Gasteiger partial charge in [0.25, 0.3) is 0 Å². The molecule has 3 unspecified atom stereocenters. The van der Waals surface area contributed by atoms with Crippen LogP contribution in [0.3, 0.4) is 0 Å². The van der Waals surface area contributed by atoms with E-state index in [1.165, 1.54) is 141 Å². The number of phosphoric acid groups is 1. The summed E-state index contributed by atoms with van der Waals surface area (Å²) in [6, 6.07) is 0. The summed E-state index contributed by atoms with van der Waals surface area (Å²) in [6.45, 7) is 3.47. The zero-order valence-corrected chi connectivity index (χ0v) is 36.6. The molecule has 0 fully saturated rings. The molecule has 0 heterocycles. The fourth-order valence-corrected chi connectivity index (χ4v) is 7.14. The van der Waals surface area contributed by atoms with Gasteiger partial charge in [-0.1, -0.05) is 173 Å². The van der Waals surface area contributed by atoms with Crippen molar-refractivity contribution < 1.29 is 43.0 Å². The number of allylic oxidation sites excluding steroid dienone is 4. The molecule has 0 rings (SSSR count). The van der Waals surface area contributed by atoms with E-state index >= 15 is 0 Å². The van der Waals surface area contributed by atoms with Crippen molar-refractivity contribution in [2.45, 2.75) is 225 Å². The van der Waals surface area contributed by atoms with Crippen molar-refractivity contribution in [3.8, 4) is 0 Å². The van der Waals surface area contributed by atoms with Gasteiger partial charge in [-0.3, -0.25) is 13.8 Å². The fourth-order valence-electron chi connectivity index (χ4n) is 6.35. The van der Waals surface area contributed by atoms with E-state index in [9.17, 15) is 19.4 Å². The van der Waals surface area contributed by atoms with Crippen LogP contribution in [0.1, 0.15) is 213 Å². The topological polar surface area (TPSA) is 132 Å². The van der Waals surface area contributed by atoms with Gasteiger partial charge in [-0.05, 0) is 57.8 Å². The molecule has 0 aliphatic rings. The van der Waals surface area contributed by atoms with E-state index in [0.717, 1.165) is 51.4 Å². The Balaban J connectivity index is 4.03. The summed E-state index contributed by atoms with van der Waals surface area (Å²) in [7, 11) is -4.51. The molecule has 0 radical (unpaired) electrons. The minimum Gasteiger partial charge on any atom is -0.457 e. The highest BCUT2D eigenvalue weighted by molar-refractivity contribution is 7.47. The van der Waals surface area contributed by atoms with Gasteiger partial charge in [0.15, 0.2) is 0 Å². The number of hydrogen-bond donors (Lipinski definition) is 3. The summed E-state index contributed by atoms with van der Waals surface area (Å²) in [4.78, 5) is 22.6. The fraction of sp³-hybridized carbons (Fsp3) is 0.889. The lowest BCUT2D eigenvalue weighted by molar-refractivity contribution is -0.154. The molecule has 55 heavy (non-hydrogen) atoms. The lowest BCUT2D eigenvalue weighted by Gasteiger charge is -2.20. The lowest BCUT2D eigenvalue weighted by atomic mass is 10.0. The second-order valence-corrected chi connectivity index (χ2v) is 16.9. The van der Waals surface area contributed by atoms with Gasteiger partial charge in [0.1, 0.15) is 12.2 Å². The quantitative estimate of drug-likeness (QED) is 0.0238. The third-order valence-corrected chi connectivity index (χ3v) is 10.8. The van der Waals surface area contributed by atoms with E-state index in [4.69, 9.17) is 23.6 Å². The van der Waals surface area contributed by atoms with Crippen molar-refractivity contribution in [3.63, 3.8) is 0 Å². The highest BCUT2D eigenvalue weighted by Gasteiger charge is 2.26. The Morgan fingerprint density at radius 1 is 0.545 bits per heavy atom. The Kier molecular flexibility index (Phi) is 41.7. The first-order chi connectivity index (χ1) is 26.8. The standard InChI is InChI=1S/C45H87O9P/c1-3-5-7-9-11-13-15-16-17-18-19-20-21-22-23-24-25-26-27-29-31-33-35-37-45(48)54-44(42-53-55(49,50)52-40-43(47)39-46)41-51-38-36-34-32-30-28-14-12-10-8-6-4-2/h8,10,18-19,43-44,46-47H,3-7,9,11-17,20-42H2,1-2H3,(H,49,50)/b10-8-,19-18-. The first kappa shape index (κ1) is 53.9. The molecule has 0 aromatic carbocycles. The van der Waals surface area contributed by atoms with Gasteiger partial charge in [0.2, 0.25) is 0 Å². The smallest absolute Gasteiger partial charge is 0.457 e. The Morgan fingerprint density at radius 3 is 1.44 bits per heavy atom. The summed E-state index contributed by atoms with van der Waals surface area (Å²) in [6.07, 6.45) is 44.3. The van der Waals surface area contributed by atoms with Crippen LogP contribution in [-0.4, -0.2) is 66.3 Å². The first-order valence-corrected chi connectivity index (χ1v) is 24.3. The maximum Gasteiger partial charge on any atom is 0.472 e.